The predicted molar refractivity (Wildman–Crippen MR) is 99.6 cm³/mol. The highest BCUT2D eigenvalue weighted by Crippen LogP contribution is 2.29. The molecule has 30 heavy (non-hydrogen) atoms. The van der Waals surface area contributed by atoms with Gasteiger partial charge in [0.2, 0.25) is 0 Å². The zero-order valence-electron chi connectivity index (χ0n) is 16.2. The molecule has 0 amide bonds. The van der Waals surface area contributed by atoms with Crippen molar-refractivity contribution in [3.63, 3.8) is 0 Å². The van der Waals surface area contributed by atoms with Crippen molar-refractivity contribution in [2.24, 2.45) is 5.73 Å². The summed E-state index contributed by atoms with van der Waals surface area (Å²) in [7, 11) is 0. The smallest absolute Gasteiger partial charge is 0.187 e. The van der Waals surface area contributed by atoms with Gasteiger partial charge in [0.25, 0.3) is 0 Å². The number of hydrogen-bond acceptors (Lipinski definition) is 11. The Kier molecular flexibility index (Phi) is 8.12. The average Bonchev–Trinajstić information content (AvgIpc) is 2.77. The highest BCUT2D eigenvalue weighted by molar-refractivity contribution is 5.13. The van der Waals surface area contributed by atoms with Gasteiger partial charge in [-0.15, -0.1) is 0 Å². The monoisotopic (exact) mass is 431 g/mol. The van der Waals surface area contributed by atoms with Gasteiger partial charge >= 0.3 is 0 Å². The lowest BCUT2D eigenvalue weighted by Crippen LogP contribution is -2.66. The summed E-state index contributed by atoms with van der Waals surface area (Å²) in [5, 5.41) is 59.5. The van der Waals surface area contributed by atoms with Crippen LogP contribution in [0, 0.1) is 0 Å². The van der Waals surface area contributed by atoms with Crippen molar-refractivity contribution in [2.75, 3.05) is 13.2 Å². The van der Waals surface area contributed by atoms with E-state index in [0.29, 0.717) is 0 Å². The first-order valence-electron chi connectivity index (χ1n) is 9.68. The molecule has 10 atom stereocenters. The van der Waals surface area contributed by atoms with E-state index in [1.165, 1.54) is 0 Å². The first-order chi connectivity index (χ1) is 14.4. The summed E-state index contributed by atoms with van der Waals surface area (Å²) >= 11 is 0. The third-order valence-corrected chi connectivity index (χ3v) is 5.30. The molecule has 1 aromatic carbocycles. The van der Waals surface area contributed by atoms with E-state index in [1.54, 1.807) is 0 Å². The molecule has 11 nitrogen and oxygen atoms in total. The molecule has 0 unspecified atom stereocenters. The van der Waals surface area contributed by atoms with Crippen molar-refractivity contribution in [2.45, 2.75) is 68.0 Å². The van der Waals surface area contributed by atoms with E-state index in [9.17, 15) is 30.6 Å². The lowest BCUT2D eigenvalue weighted by atomic mass is 9.96. The largest absolute Gasteiger partial charge is 0.394 e. The molecule has 8 N–H and O–H groups in total. The molecule has 2 fully saturated rings. The third kappa shape index (κ3) is 4.98. The first kappa shape index (κ1) is 23.4. The van der Waals surface area contributed by atoms with Crippen LogP contribution in [0.25, 0.3) is 0 Å². The summed E-state index contributed by atoms with van der Waals surface area (Å²) in [6.45, 7) is -1.02. The Morgan fingerprint density at radius 1 is 0.800 bits per heavy atom. The molecule has 0 spiro atoms. The fraction of sp³-hybridized carbons (Fsp3) is 0.684. The Morgan fingerprint density at radius 3 is 2.07 bits per heavy atom. The number of nitrogens with two attached hydrogens (primary N) is 1. The average molecular weight is 431 g/mol. The van der Waals surface area contributed by atoms with Gasteiger partial charge in [0, 0.05) is 0 Å². The third-order valence-electron chi connectivity index (χ3n) is 5.30. The minimum Gasteiger partial charge on any atom is -0.394 e. The quantitative estimate of drug-likeness (QED) is 0.231. The molecular formula is C19H29NO10. The molecule has 0 aliphatic carbocycles. The number of ether oxygens (including phenoxy) is 4. The second kappa shape index (κ2) is 10.4. The number of rotatable bonds is 7. The van der Waals surface area contributed by atoms with Crippen LogP contribution < -0.4 is 5.73 Å². The predicted octanol–water partition coefficient (Wildman–Crippen LogP) is -3.21. The van der Waals surface area contributed by atoms with E-state index >= 15 is 0 Å². The van der Waals surface area contributed by atoms with E-state index in [1.807, 2.05) is 30.3 Å². The maximum atomic E-state index is 10.6. The lowest BCUT2D eigenvalue weighted by molar-refractivity contribution is -0.347. The molecule has 0 saturated carbocycles. The number of aliphatic hydroxyl groups is 6. The van der Waals surface area contributed by atoms with Crippen molar-refractivity contribution < 1.29 is 49.6 Å². The molecular weight excluding hydrogens is 402 g/mol. The maximum Gasteiger partial charge on any atom is 0.187 e. The highest BCUT2D eigenvalue weighted by atomic mass is 16.7. The summed E-state index contributed by atoms with van der Waals surface area (Å²) in [5.41, 5.74) is 6.91. The molecule has 2 aliphatic rings. The van der Waals surface area contributed by atoms with Crippen LogP contribution >= 0.6 is 0 Å². The second-order valence-corrected chi connectivity index (χ2v) is 7.39. The standard InChI is InChI=1S/C19H29NO10/c20-12-14(24)17(30-19-16(26)15(25)13(23)10(6-21)28-19)11(7-22)29-18(12)27-8-9-4-2-1-3-5-9/h1-5,10-19,21-26H,6-8,20H2/t10-,11-,12-,13+,14-,15+,16-,17-,18+,19-/m1/s1. The van der Waals surface area contributed by atoms with Crippen LogP contribution in [0.5, 0.6) is 0 Å². The van der Waals surface area contributed by atoms with Gasteiger partial charge in [-0.2, -0.15) is 0 Å². The van der Waals surface area contributed by atoms with Gasteiger partial charge in [0.05, 0.1) is 25.9 Å². The Morgan fingerprint density at radius 2 is 1.43 bits per heavy atom. The summed E-state index contributed by atoms with van der Waals surface area (Å²) in [6.07, 6.45) is -12.3. The van der Waals surface area contributed by atoms with Gasteiger partial charge in [-0.3, -0.25) is 0 Å². The number of hydrogen-bond donors (Lipinski definition) is 7. The molecule has 1 aromatic rings. The van der Waals surface area contributed by atoms with Gasteiger partial charge in [0.1, 0.15) is 42.7 Å². The number of aliphatic hydroxyl groups excluding tert-OH is 6. The van der Waals surface area contributed by atoms with Crippen LogP contribution in [-0.4, -0.2) is 105 Å². The summed E-state index contributed by atoms with van der Waals surface area (Å²) in [6, 6.07) is 8.19. The molecule has 0 bridgehead atoms. The second-order valence-electron chi connectivity index (χ2n) is 7.39. The van der Waals surface area contributed by atoms with Crippen molar-refractivity contribution in [1.29, 1.82) is 0 Å². The Balaban J connectivity index is 1.66. The molecule has 2 saturated heterocycles. The van der Waals surface area contributed by atoms with E-state index in [4.69, 9.17) is 24.7 Å². The van der Waals surface area contributed by atoms with Crippen LogP contribution in [0.3, 0.4) is 0 Å². The molecule has 0 aromatic heterocycles. The number of benzene rings is 1. The Labute approximate surface area is 173 Å². The highest BCUT2D eigenvalue weighted by Gasteiger charge is 2.50. The van der Waals surface area contributed by atoms with Gasteiger partial charge in [-0.25, -0.2) is 0 Å². The minimum absolute atomic E-state index is 0.169. The van der Waals surface area contributed by atoms with Gasteiger partial charge < -0.3 is 55.3 Å². The van der Waals surface area contributed by atoms with E-state index < -0.39 is 74.6 Å². The van der Waals surface area contributed by atoms with E-state index in [2.05, 4.69) is 0 Å². The molecule has 0 radical (unpaired) electrons. The van der Waals surface area contributed by atoms with E-state index in [-0.39, 0.29) is 6.61 Å². The fourth-order valence-corrected chi connectivity index (χ4v) is 3.49. The Bertz CT molecular complexity index is 647. The van der Waals surface area contributed by atoms with E-state index in [0.717, 1.165) is 5.56 Å². The molecule has 3 rings (SSSR count). The normalized spacial score (nSPS) is 42.2. The van der Waals surface area contributed by atoms with Crippen LogP contribution in [-0.2, 0) is 25.6 Å². The topological polar surface area (TPSA) is 184 Å². The van der Waals surface area contributed by atoms with Crippen molar-refractivity contribution in [3.8, 4) is 0 Å². The molecule has 2 heterocycles. The lowest BCUT2D eigenvalue weighted by Gasteiger charge is -2.46. The Hall–Kier alpha value is -1.22. The molecule has 170 valence electrons. The van der Waals surface area contributed by atoms with Gasteiger partial charge in [-0.1, -0.05) is 30.3 Å². The maximum absolute atomic E-state index is 10.6. The molecule has 11 heteroatoms. The fourth-order valence-electron chi connectivity index (χ4n) is 3.49. The zero-order chi connectivity index (χ0) is 21.8. The van der Waals surface area contributed by atoms with Crippen LogP contribution in [0.2, 0.25) is 0 Å². The SMILES string of the molecule is N[C@H]1[C@@H](OCc2ccccc2)O[C@H](CO)[C@@H](O[C@H]2O[C@H](CO)[C@H](O)[C@H](O)[C@H]2O)[C@@H]1O. The van der Waals surface area contributed by atoms with Crippen LogP contribution in [0.15, 0.2) is 30.3 Å². The summed E-state index contributed by atoms with van der Waals surface area (Å²) in [5.74, 6) is 0. The van der Waals surface area contributed by atoms with Crippen molar-refractivity contribution >= 4 is 0 Å². The minimum atomic E-state index is -1.67. The molecule has 2 aliphatic heterocycles. The summed E-state index contributed by atoms with van der Waals surface area (Å²) in [4.78, 5) is 0. The van der Waals surface area contributed by atoms with Gasteiger partial charge in [-0.05, 0) is 5.56 Å². The zero-order valence-corrected chi connectivity index (χ0v) is 16.2. The van der Waals surface area contributed by atoms with Crippen molar-refractivity contribution in [3.05, 3.63) is 35.9 Å². The van der Waals surface area contributed by atoms with Crippen LogP contribution in [0.1, 0.15) is 5.56 Å². The van der Waals surface area contributed by atoms with Crippen LogP contribution in [0.4, 0.5) is 0 Å². The van der Waals surface area contributed by atoms with Crippen molar-refractivity contribution in [1.82, 2.24) is 0 Å². The van der Waals surface area contributed by atoms with Gasteiger partial charge in [0.15, 0.2) is 12.6 Å². The summed E-state index contributed by atoms with van der Waals surface area (Å²) < 4.78 is 22.2. The first-order valence-corrected chi connectivity index (χ1v) is 9.68.